The first kappa shape index (κ1) is 17.7. The van der Waals surface area contributed by atoms with Gasteiger partial charge in [-0.3, -0.25) is 0 Å². The third kappa shape index (κ3) is 3.93. The number of anilines is 1. The second-order valence-electron chi connectivity index (χ2n) is 6.50. The molecule has 7 nitrogen and oxygen atoms in total. The fourth-order valence-electron chi connectivity index (χ4n) is 3.37. The average Bonchev–Trinajstić information content (AvgIpc) is 3.10. The van der Waals surface area contributed by atoms with Crippen LogP contribution in [0.2, 0.25) is 0 Å². The molecule has 2 amide bonds. The zero-order valence-electron chi connectivity index (χ0n) is 14.6. The van der Waals surface area contributed by atoms with E-state index < -0.39 is 11.8 Å². The van der Waals surface area contributed by atoms with E-state index in [1.54, 1.807) is 29.2 Å². The zero-order valence-corrected chi connectivity index (χ0v) is 14.6. The number of hydrogen-bond donors (Lipinski definition) is 1. The molecule has 0 bridgehead atoms. The predicted octanol–water partition coefficient (Wildman–Crippen LogP) is 2.48. The molecule has 0 aromatic heterocycles. The standard InChI is InChI=1S/C18H24N2O5/c1-18(24-10-11-25-18)14-4-3-9-20(12-14)17(22)19-15-7-5-13(6-8-15)16(21)23-2/h5-8,14H,3-4,9-12H2,1-2H3,(H,19,22)/t14-/m0/s1. The minimum absolute atomic E-state index is 0.155. The van der Waals surface area contributed by atoms with Gasteiger partial charge in [-0.25, -0.2) is 9.59 Å². The molecular weight excluding hydrogens is 324 g/mol. The van der Waals surface area contributed by atoms with Gasteiger partial charge < -0.3 is 24.4 Å². The van der Waals surface area contributed by atoms with E-state index in [4.69, 9.17) is 9.47 Å². The van der Waals surface area contributed by atoms with E-state index >= 15 is 0 Å². The Morgan fingerprint density at radius 2 is 1.92 bits per heavy atom. The van der Waals surface area contributed by atoms with Crippen molar-refractivity contribution in [3.8, 4) is 0 Å². The molecule has 0 spiro atoms. The number of rotatable bonds is 3. The largest absolute Gasteiger partial charge is 0.465 e. The number of urea groups is 1. The van der Waals surface area contributed by atoms with Gasteiger partial charge >= 0.3 is 12.0 Å². The second-order valence-corrected chi connectivity index (χ2v) is 6.50. The molecule has 1 aromatic rings. The van der Waals surface area contributed by atoms with Crippen molar-refractivity contribution >= 4 is 17.7 Å². The molecule has 2 heterocycles. The van der Waals surface area contributed by atoms with Crippen LogP contribution in [0.3, 0.4) is 0 Å². The van der Waals surface area contributed by atoms with Gasteiger partial charge in [0.25, 0.3) is 0 Å². The topological polar surface area (TPSA) is 77.1 Å². The number of carbonyl (C=O) groups excluding carboxylic acids is 2. The van der Waals surface area contributed by atoms with Gasteiger partial charge in [-0.05, 0) is 44.0 Å². The van der Waals surface area contributed by atoms with Crippen LogP contribution in [0.5, 0.6) is 0 Å². The minimum atomic E-state index is -0.596. The van der Waals surface area contributed by atoms with Crippen molar-refractivity contribution in [2.24, 2.45) is 5.92 Å². The van der Waals surface area contributed by atoms with Crippen LogP contribution in [0.15, 0.2) is 24.3 Å². The lowest BCUT2D eigenvalue weighted by atomic mass is 9.90. The summed E-state index contributed by atoms with van der Waals surface area (Å²) < 4.78 is 16.2. The van der Waals surface area contributed by atoms with E-state index in [0.717, 1.165) is 12.8 Å². The zero-order chi connectivity index (χ0) is 17.9. The predicted molar refractivity (Wildman–Crippen MR) is 91.4 cm³/mol. The van der Waals surface area contributed by atoms with Crippen molar-refractivity contribution in [2.75, 3.05) is 38.7 Å². The summed E-state index contributed by atoms with van der Waals surface area (Å²) in [5.74, 6) is -0.834. The SMILES string of the molecule is COC(=O)c1ccc(NC(=O)N2CCC[C@H](C3(C)OCCO3)C2)cc1. The van der Waals surface area contributed by atoms with E-state index in [1.807, 2.05) is 6.92 Å². The van der Waals surface area contributed by atoms with E-state index in [0.29, 0.717) is 37.6 Å². The first-order valence-electron chi connectivity index (χ1n) is 8.54. The summed E-state index contributed by atoms with van der Waals surface area (Å²) >= 11 is 0. The lowest BCUT2D eigenvalue weighted by molar-refractivity contribution is -0.189. The maximum Gasteiger partial charge on any atom is 0.337 e. The number of ether oxygens (including phenoxy) is 3. The van der Waals surface area contributed by atoms with E-state index in [1.165, 1.54) is 7.11 Å². The Balaban J connectivity index is 1.60. The van der Waals surface area contributed by atoms with Crippen molar-refractivity contribution in [3.05, 3.63) is 29.8 Å². The van der Waals surface area contributed by atoms with Crippen molar-refractivity contribution in [1.29, 1.82) is 0 Å². The highest BCUT2D eigenvalue weighted by molar-refractivity contribution is 5.92. The molecule has 0 unspecified atom stereocenters. The van der Waals surface area contributed by atoms with E-state index in [-0.39, 0.29) is 11.9 Å². The van der Waals surface area contributed by atoms with Gasteiger partial charge in [0.1, 0.15) is 0 Å². The molecule has 1 aromatic carbocycles. The van der Waals surface area contributed by atoms with E-state index in [2.05, 4.69) is 10.1 Å². The Bertz CT molecular complexity index is 625. The normalized spacial score (nSPS) is 22.5. The Morgan fingerprint density at radius 3 is 2.56 bits per heavy atom. The van der Waals surface area contributed by atoms with Crippen molar-refractivity contribution in [1.82, 2.24) is 4.90 Å². The number of methoxy groups -OCH3 is 1. The maximum absolute atomic E-state index is 12.5. The number of hydrogen-bond acceptors (Lipinski definition) is 5. The van der Waals surface area contributed by atoms with Gasteiger partial charge in [-0.15, -0.1) is 0 Å². The third-order valence-electron chi connectivity index (χ3n) is 4.87. The molecule has 1 N–H and O–H groups in total. The maximum atomic E-state index is 12.5. The van der Waals surface area contributed by atoms with Crippen LogP contribution in [-0.4, -0.2) is 56.1 Å². The van der Waals surface area contributed by atoms with Gasteiger partial charge in [0, 0.05) is 24.7 Å². The molecular formula is C18H24N2O5. The second kappa shape index (κ2) is 7.41. The number of nitrogens with zero attached hydrogens (tertiary/aromatic N) is 1. The number of esters is 1. The molecule has 136 valence electrons. The minimum Gasteiger partial charge on any atom is -0.465 e. The Kier molecular flexibility index (Phi) is 5.24. The van der Waals surface area contributed by atoms with Crippen LogP contribution in [0.4, 0.5) is 10.5 Å². The lowest BCUT2D eigenvalue weighted by Gasteiger charge is -2.39. The fourth-order valence-corrected chi connectivity index (χ4v) is 3.37. The number of nitrogens with one attached hydrogen (secondary N) is 1. The molecule has 7 heteroatoms. The Labute approximate surface area is 147 Å². The van der Waals surface area contributed by atoms with Gasteiger partial charge in [0.05, 0.1) is 25.9 Å². The highest BCUT2D eigenvalue weighted by Gasteiger charge is 2.42. The van der Waals surface area contributed by atoms with Crippen LogP contribution >= 0.6 is 0 Å². The number of carbonyl (C=O) groups is 2. The summed E-state index contributed by atoms with van der Waals surface area (Å²) in [5.41, 5.74) is 1.08. The summed E-state index contributed by atoms with van der Waals surface area (Å²) in [6, 6.07) is 6.48. The van der Waals surface area contributed by atoms with Gasteiger partial charge in [-0.1, -0.05) is 0 Å². The molecule has 25 heavy (non-hydrogen) atoms. The first-order chi connectivity index (χ1) is 12.0. The molecule has 0 aliphatic carbocycles. The highest BCUT2D eigenvalue weighted by atomic mass is 16.7. The summed E-state index contributed by atoms with van der Waals surface area (Å²) in [7, 11) is 1.34. The molecule has 2 saturated heterocycles. The monoisotopic (exact) mass is 348 g/mol. The number of benzene rings is 1. The molecule has 2 aliphatic rings. The Morgan fingerprint density at radius 1 is 1.24 bits per heavy atom. The van der Waals surface area contributed by atoms with Crippen molar-refractivity contribution in [3.63, 3.8) is 0 Å². The first-order valence-corrected chi connectivity index (χ1v) is 8.54. The van der Waals surface area contributed by atoms with Crippen molar-refractivity contribution in [2.45, 2.75) is 25.6 Å². The number of likely N-dealkylation sites (tertiary alicyclic amines) is 1. The smallest absolute Gasteiger partial charge is 0.337 e. The van der Waals surface area contributed by atoms with Crippen LogP contribution in [0, 0.1) is 5.92 Å². The van der Waals surface area contributed by atoms with Crippen LogP contribution < -0.4 is 5.32 Å². The number of piperidine rings is 1. The highest BCUT2D eigenvalue weighted by Crippen LogP contribution is 2.34. The lowest BCUT2D eigenvalue weighted by Crippen LogP contribution is -2.49. The molecule has 2 fully saturated rings. The van der Waals surface area contributed by atoms with Gasteiger partial charge in [-0.2, -0.15) is 0 Å². The van der Waals surface area contributed by atoms with Crippen LogP contribution in [0.25, 0.3) is 0 Å². The van der Waals surface area contributed by atoms with Crippen LogP contribution in [0.1, 0.15) is 30.1 Å². The summed E-state index contributed by atoms with van der Waals surface area (Å²) in [4.78, 5) is 25.8. The van der Waals surface area contributed by atoms with Crippen LogP contribution in [-0.2, 0) is 14.2 Å². The quantitative estimate of drug-likeness (QED) is 0.849. The van der Waals surface area contributed by atoms with E-state index in [9.17, 15) is 9.59 Å². The fraction of sp³-hybridized carbons (Fsp3) is 0.556. The summed E-state index contributed by atoms with van der Waals surface area (Å²) in [5, 5.41) is 2.87. The number of amides is 2. The third-order valence-corrected chi connectivity index (χ3v) is 4.87. The summed E-state index contributed by atoms with van der Waals surface area (Å²) in [6.07, 6.45) is 1.90. The molecule has 0 saturated carbocycles. The average molecular weight is 348 g/mol. The van der Waals surface area contributed by atoms with Crippen molar-refractivity contribution < 1.29 is 23.8 Å². The Hall–Kier alpha value is -2.12. The molecule has 1 atom stereocenters. The summed E-state index contributed by atoms with van der Waals surface area (Å²) in [6.45, 7) is 4.47. The molecule has 0 radical (unpaired) electrons. The van der Waals surface area contributed by atoms with Gasteiger partial charge in [0.15, 0.2) is 5.79 Å². The molecule has 3 rings (SSSR count). The molecule has 2 aliphatic heterocycles. The van der Waals surface area contributed by atoms with Gasteiger partial charge in [0.2, 0.25) is 0 Å².